The molecule has 0 aromatic heterocycles. The summed E-state index contributed by atoms with van der Waals surface area (Å²) in [4.78, 5) is 11.6. The van der Waals surface area contributed by atoms with Crippen molar-refractivity contribution in [3.8, 4) is 11.5 Å². The van der Waals surface area contributed by atoms with Crippen molar-refractivity contribution in [2.75, 3.05) is 34.5 Å². The summed E-state index contributed by atoms with van der Waals surface area (Å²) < 4.78 is 15.1. The molecule has 1 rings (SSSR count). The van der Waals surface area contributed by atoms with Crippen LogP contribution in [0.1, 0.15) is 11.7 Å². The molecule has 0 saturated carbocycles. The zero-order valence-electron chi connectivity index (χ0n) is 12.5. The molecule has 0 fully saturated rings. The molecule has 1 aromatic carbocycles. The Morgan fingerprint density at radius 3 is 2.29 bits per heavy atom. The molecule has 2 atom stereocenters. The monoisotopic (exact) mass is 298 g/mol. The zero-order chi connectivity index (χ0) is 15.8. The van der Waals surface area contributed by atoms with Crippen LogP contribution in [0.2, 0.25) is 0 Å². The van der Waals surface area contributed by atoms with E-state index in [4.69, 9.17) is 19.9 Å². The zero-order valence-corrected chi connectivity index (χ0v) is 12.5. The van der Waals surface area contributed by atoms with Crippen LogP contribution in [-0.4, -0.2) is 51.5 Å². The van der Waals surface area contributed by atoms with Crippen molar-refractivity contribution in [1.82, 2.24) is 5.32 Å². The van der Waals surface area contributed by atoms with Crippen LogP contribution in [0, 0.1) is 0 Å². The molecule has 0 aliphatic carbocycles. The van der Waals surface area contributed by atoms with Gasteiger partial charge in [-0.1, -0.05) is 0 Å². The quantitative estimate of drug-likeness (QED) is 0.615. The van der Waals surface area contributed by atoms with Gasteiger partial charge in [0.05, 0.1) is 26.9 Å². The van der Waals surface area contributed by atoms with E-state index in [-0.39, 0.29) is 19.1 Å². The van der Waals surface area contributed by atoms with Gasteiger partial charge in [0, 0.05) is 19.7 Å². The van der Waals surface area contributed by atoms with Crippen molar-refractivity contribution in [2.24, 2.45) is 5.73 Å². The van der Waals surface area contributed by atoms with Crippen LogP contribution in [0.5, 0.6) is 11.5 Å². The van der Waals surface area contributed by atoms with Crippen molar-refractivity contribution in [1.29, 1.82) is 0 Å². The third-order valence-electron chi connectivity index (χ3n) is 2.91. The average molecular weight is 298 g/mol. The predicted molar refractivity (Wildman–Crippen MR) is 77.4 cm³/mol. The molecule has 2 unspecified atom stereocenters. The van der Waals surface area contributed by atoms with Crippen molar-refractivity contribution >= 4 is 5.91 Å². The maximum atomic E-state index is 11.6. The first kappa shape index (κ1) is 17.2. The summed E-state index contributed by atoms with van der Waals surface area (Å²) in [5.41, 5.74) is 6.16. The fourth-order valence-electron chi connectivity index (χ4n) is 1.72. The van der Waals surface area contributed by atoms with Gasteiger partial charge >= 0.3 is 0 Å². The van der Waals surface area contributed by atoms with Crippen LogP contribution < -0.4 is 20.5 Å². The number of ether oxygens (including phenoxy) is 3. The molecule has 7 heteroatoms. The number of nitrogens with two attached hydrogens (primary N) is 1. The number of hydrogen-bond acceptors (Lipinski definition) is 6. The normalized spacial score (nSPS) is 13.4. The number of aliphatic hydroxyl groups excluding tert-OH is 1. The minimum atomic E-state index is -0.896. The fraction of sp³-hybridized carbons (Fsp3) is 0.500. The highest BCUT2D eigenvalue weighted by Crippen LogP contribution is 2.26. The molecule has 21 heavy (non-hydrogen) atoms. The van der Waals surface area contributed by atoms with Gasteiger partial charge in [0.1, 0.15) is 17.5 Å². The van der Waals surface area contributed by atoms with E-state index >= 15 is 0 Å². The van der Waals surface area contributed by atoms with Gasteiger partial charge in [0.15, 0.2) is 0 Å². The lowest BCUT2D eigenvalue weighted by Gasteiger charge is -2.16. The van der Waals surface area contributed by atoms with Crippen LogP contribution in [0.4, 0.5) is 0 Å². The lowest BCUT2D eigenvalue weighted by Crippen LogP contribution is -2.44. The minimum absolute atomic E-state index is 0.0343. The Morgan fingerprint density at radius 1 is 1.24 bits per heavy atom. The van der Waals surface area contributed by atoms with Gasteiger partial charge in [0.25, 0.3) is 0 Å². The Morgan fingerprint density at radius 2 is 1.81 bits per heavy atom. The van der Waals surface area contributed by atoms with E-state index in [1.807, 2.05) is 0 Å². The van der Waals surface area contributed by atoms with Gasteiger partial charge < -0.3 is 30.4 Å². The Labute approximate surface area is 124 Å². The van der Waals surface area contributed by atoms with Crippen molar-refractivity contribution in [3.05, 3.63) is 23.8 Å². The van der Waals surface area contributed by atoms with Crippen LogP contribution >= 0.6 is 0 Å². The molecule has 0 bridgehead atoms. The first-order valence-electron chi connectivity index (χ1n) is 6.45. The summed E-state index contributed by atoms with van der Waals surface area (Å²) in [6.07, 6.45) is -0.896. The third kappa shape index (κ3) is 5.22. The molecule has 7 nitrogen and oxygen atoms in total. The highest BCUT2D eigenvalue weighted by molar-refractivity contribution is 5.81. The molecule has 0 saturated heterocycles. The first-order valence-corrected chi connectivity index (χ1v) is 6.45. The standard InChI is InChI=1S/C14H22N2O5/c1-19-8-12(15)14(18)16-7-13(17)9-4-10(20-2)6-11(5-9)21-3/h4-6,12-13,17H,7-8,15H2,1-3H3,(H,16,18). The molecule has 0 spiro atoms. The van der Waals surface area contributed by atoms with Gasteiger partial charge in [-0.2, -0.15) is 0 Å². The Kier molecular flexibility index (Phi) is 6.93. The fourth-order valence-corrected chi connectivity index (χ4v) is 1.72. The summed E-state index contributed by atoms with van der Waals surface area (Å²) in [6, 6.07) is 4.29. The van der Waals surface area contributed by atoms with E-state index in [2.05, 4.69) is 5.32 Å². The van der Waals surface area contributed by atoms with Gasteiger partial charge in [-0.05, 0) is 17.7 Å². The van der Waals surface area contributed by atoms with E-state index in [0.29, 0.717) is 17.1 Å². The number of hydrogen-bond donors (Lipinski definition) is 3. The second-order valence-corrected chi connectivity index (χ2v) is 4.47. The summed E-state index contributed by atoms with van der Waals surface area (Å²) in [6.45, 7) is 0.154. The van der Waals surface area contributed by atoms with Gasteiger partial charge in [-0.15, -0.1) is 0 Å². The molecule has 1 amide bonds. The summed E-state index contributed by atoms with van der Waals surface area (Å²) in [5, 5.41) is 12.7. The van der Waals surface area contributed by atoms with E-state index in [1.54, 1.807) is 18.2 Å². The molecule has 4 N–H and O–H groups in total. The number of benzene rings is 1. The topological polar surface area (TPSA) is 103 Å². The Hall–Kier alpha value is -1.83. The summed E-state index contributed by atoms with van der Waals surface area (Å²) >= 11 is 0. The van der Waals surface area contributed by atoms with Crippen molar-refractivity contribution in [3.63, 3.8) is 0 Å². The molecule has 0 radical (unpaired) electrons. The third-order valence-corrected chi connectivity index (χ3v) is 2.91. The lowest BCUT2D eigenvalue weighted by molar-refractivity contribution is -0.123. The maximum absolute atomic E-state index is 11.6. The van der Waals surface area contributed by atoms with E-state index in [9.17, 15) is 9.90 Å². The number of nitrogens with one attached hydrogen (secondary N) is 1. The van der Waals surface area contributed by atoms with Gasteiger partial charge in [-0.25, -0.2) is 0 Å². The largest absolute Gasteiger partial charge is 0.497 e. The average Bonchev–Trinajstić information content (AvgIpc) is 2.51. The van der Waals surface area contributed by atoms with Gasteiger partial charge in [-0.3, -0.25) is 4.79 Å². The molecule has 0 heterocycles. The highest BCUT2D eigenvalue weighted by Gasteiger charge is 2.16. The molecule has 0 aliphatic heterocycles. The molecule has 1 aromatic rings. The molecular weight excluding hydrogens is 276 g/mol. The number of carbonyl (C=O) groups excluding carboxylic acids is 1. The summed E-state index contributed by atoms with van der Waals surface area (Å²) in [5.74, 6) is 0.738. The van der Waals surface area contributed by atoms with Crippen LogP contribution in [-0.2, 0) is 9.53 Å². The number of amides is 1. The lowest BCUT2D eigenvalue weighted by atomic mass is 10.1. The highest BCUT2D eigenvalue weighted by atomic mass is 16.5. The second-order valence-electron chi connectivity index (χ2n) is 4.47. The SMILES string of the molecule is COCC(N)C(=O)NCC(O)c1cc(OC)cc(OC)c1. The molecule has 118 valence electrons. The van der Waals surface area contributed by atoms with Gasteiger partial charge in [0.2, 0.25) is 5.91 Å². The van der Waals surface area contributed by atoms with Crippen LogP contribution in [0.25, 0.3) is 0 Å². The van der Waals surface area contributed by atoms with Crippen molar-refractivity contribution < 1.29 is 24.1 Å². The van der Waals surface area contributed by atoms with Crippen LogP contribution in [0.15, 0.2) is 18.2 Å². The number of aliphatic hydroxyl groups is 1. The van der Waals surface area contributed by atoms with E-state index < -0.39 is 12.1 Å². The second kappa shape index (κ2) is 8.46. The van der Waals surface area contributed by atoms with Crippen molar-refractivity contribution in [2.45, 2.75) is 12.1 Å². The Bertz CT molecular complexity index is 444. The summed E-state index contributed by atoms with van der Waals surface area (Å²) in [7, 11) is 4.51. The minimum Gasteiger partial charge on any atom is -0.497 e. The molecule has 0 aliphatic rings. The molecular formula is C14H22N2O5. The number of methoxy groups -OCH3 is 3. The van der Waals surface area contributed by atoms with Crippen LogP contribution in [0.3, 0.4) is 0 Å². The number of rotatable bonds is 8. The number of carbonyl (C=O) groups is 1. The predicted octanol–water partition coefficient (Wildman–Crippen LogP) is -0.173. The smallest absolute Gasteiger partial charge is 0.239 e. The maximum Gasteiger partial charge on any atom is 0.239 e. The first-order chi connectivity index (χ1) is 10.0. The Balaban J connectivity index is 2.67. The van der Waals surface area contributed by atoms with E-state index in [0.717, 1.165) is 0 Å². The van der Waals surface area contributed by atoms with E-state index in [1.165, 1.54) is 21.3 Å².